The van der Waals surface area contributed by atoms with Crippen LogP contribution in [0.2, 0.25) is 0 Å². The second kappa shape index (κ2) is 8.62. The smallest absolute Gasteiger partial charge is 0.0414 e. The molecule has 0 bridgehead atoms. The molecule has 1 aliphatic heterocycles. The van der Waals surface area contributed by atoms with Crippen molar-refractivity contribution in [2.75, 3.05) is 19.6 Å². The van der Waals surface area contributed by atoms with Gasteiger partial charge in [-0.2, -0.15) is 0 Å². The molecule has 1 N–H and O–H groups in total. The van der Waals surface area contributed by atoms with Crippen molar-refractivity contribution in [2.45, 2.75) is 44.7 Å². The summed E-state index contributed by atoms with van der Waals surface area (Å²) in [5.74, 6) is 0. The maximum Gasteiger partial charge on any atom is 0.0414 e. The van der Waals surface area contributed by atoms with Crippen LogP contribution in [0, 0.1) is 0 Å². The molecule has 0 radical (unpaired) electrons. The molecule has 1 saturated heterocycles. The SMILES string of the molecule is CCC(NC1CCN(CCc2ccccc2)CC1)c1cccs1. The van der Waals surface area contributed by atoms with Crippen LogP contribution < -0.4 is 5.32 Å². The first-order valence-corrected chi connectivity index (χ1v) is 9.79. The van der Waals surface area contributed by atoms with E-state index in [4.69, 9.17) is 0 Å². The zero-order valence-electron chi connectivity index (χ0n) is 14.1. The predicted molar refractivity (Wildman–Crippen MR) is 100 cm³/mol. The second-order valence-corrected chi connectivity index (χ2v) is 7.47. The van der Waals surface area contributed by atoms with E-state index in [0.717, 1.165) is 0 Å². The Kier molecular flexibility index (Phi) is 6.26. The molecule has 0 amide bonds. The van der Waals surface area contributed by atoms with Crippen LogP contribution in [0.25, 0.3) is 0 Å². The summed E-state index contributed by atoms with van der Waals surface area (Å²) in [6.45, 7) is 5.93. The van der Waals surface area contributed by atoms with E-state index in [0.29, 0.717) is 12.1 Å². The lowest BCUT2D eigenvalue weighted by Gasteiger charge is -2.34. The summed E-state index contributed by atoms with van der Waals surface area (Å²) < 4.78 is 0. The van der Waals surface area contributed by atoms with Gasteiger partial charge < -0.3 is 10.2 Å². The molecule has 3 heteroatoms. The van der Waals surface area contributed by atoms with Crippen molar-refractivity contribution in [1.82, 2.24) is 10.2 Å². The summed E-state index contributed by atoms with van der Waals surface area (Å²) in [6, 6.07) is 16.5. The van der Waals surface area contributed by atoms with E-state index in [1.54, 1.807) is 0 Å². The highest BCUT2D eigenvalue weighted by molar-refractivity contribution is 7.10. The second-order valence-electron chi connectivity index (χ2n) is 6.49. The Hall–Kier alpha value is -1.16. The van der Waals surface area contributed by atoms with Gasteiger partial charge in [0.15, 0.2) is 0 Å². The predicted octanol–water partition coefficient (Wildman–Crippen LogP) is 4.50. The van der Waals surface area contributed by atoms with Gasteiger partial charge in [-0.05, 0) is 55.8 Å². The van der Waals surface area contributed by atoms with Crippen LogP contribution in [0.5, 0.6) is 0 Å². The molecule has 1 atom stereocenters. The Morgan fingerprint density at radius 3 is 2.57 bits per heavy atom. The van der Waals surface area contributed by atoms with Gasteiger partial charge in [-0.25, -0.2) is 0 Å². The van der Waals surface area contributed by atoms with Gasteiger partial charge in [-0.15, -0.1) is 11.3 Å². The number of nitrogens with one attached hydrogen (secondary N) is 1. The van der Waals surface area contributed by atoms with E-state index >= 15 is 0 Å². The summed E-state index contributed by atoms with van der Waals surface area (Å²) in [5, 5.41) is 6.07. The van der Waals surface area contributed by atoms with Gasteiger partial charge in [0.2, 0.25) is 0 Å². The average Bonchev–Trinajstić information content (AvgIpc) is 3.14. The zero-order valence-corrected chi connectivity index (χ0v) is 14.9. The minimum atomic E-state index is 0.538. The number of likely N-dealkylation sites (tertiary alicyclic amines) is 1. The van der Waals surface area contributed by atoms with Crippen molar-refractivity contribution in [2.24, 2.45) is 0 Å². The van der Waals surface area contributed by atoms with Crippen LogP contribution in [0.15, 0.2) is 47.8 Å². The third-order valence-corrected chi connectivity index (χ3v) is 5.86. The molecule has 0 aliphatic carbocycles. The van der Waals surface area contributed by atoms with Crippen LogP contribution in [-0.2, 0) is 6.42 Å². The number of piperidine rings is 1. The number of hydrogen-bond donors (Lipinski definition) is 1. The van der Waals surface area contributed by atoms with E-state index in [2.05, 4.69) is 65.0 Å². The fourth-order valence-corrected chi connectivity index (χ4v) is 4.30. The lowest BCUT2D eigenvalue weighted by Crippen LogP contribution is -2.44. The molecule has 1 fully saturated rings. The first kappa shape index (κ1) is 16.7. The number of nitrogens with zero attached hydrogens (tertiary/aromatic N) is 1. The largest absolute Gasteiger partial charge is 0.306 e. The van der Waals surface area contributed by atoms with Crippen molar-refractivity contribution in [3.05, 3.63) is 58.3 Å². The van der Waals surface area contributed by atoms with Crippen molar-refractivity contribution in [3.8, 4) is 0 Å². The van der Waals surface area contributed by atoms with Gasteiger partial charge in [0, 0.05) is 23.5 Å². The Labute approximate surface area is 144 Å². The van der Waals surface area contributed by atoms with Crippen LogP contribution in [0.1, 0.15) is 42.7 Å². The highest BCUT2D eigenvalue weighted by Gasteiger charge is 2.21. The van der Waals surface area contributed by atoms with Crippen LogP contribution in [0.3, 0.4) is 0 Å². The molecule has 1 aromatic heterocycles. The zero-order chi connectivity index (χ0) is 15.9. The molecular weight excluding hydrogens is 300 g/mol. The summed E-state index contributed by atoms with van der Waals surface area (Å²) in [7, 11) is 0. The highest BCUT2D eigenvalue weighted by Crippen LogP contribution is 2.24. The van der Waals surface area contributed by atoms with Crippen LogP contribution in [0.4, 0.5) is 0 Å². The molecule has 1 aromatic carbocycles. The molecule has 1 unspecified atom stereocenters. The number of benzene rings is 1. The summed E-state index contributed by atoms with van der Waals surface area (Å²) in [4.78, 5) is 4.11. The molecule has 2 aromatic rings. The van der Waals surface area contributed by atoms with Crippen molar-refractivity contribution < 1.29 is 0 Å². The molecule has 2 heterocycles. The van der Waals surface area contributed by atoms with Crippen LogP contribution in [-0.4, -0.2) is 30.6 Å². The van der Waals surface area contributed by atoms with Crippen LogP contribution >= 0.6 is 11.3 Å². The van der Waals surface area contributed by atoms with Crippen molar-refractivity contribution in [3.63, 3.8) is 0 Å². The maximum absolute atomic E-state index is 3.89. The number of hydrogen-bond acceptors (Lipinski definition) is 3. The molecule has 3 rings (SSSR count). The number of rotatable bonds is 7. The Morgan fingerprint density at radius 2 is 1.91 bits per heavy atom. The third kappa shape index (κ3) is 4.90. The summed E-state index contributed by atoms with van der Waals surface area (Å²) in [6.07, 6.45) is 4.90. The fraction of sp³-hybridized carbons (Fsp3) is 0.500. The molecule has 23 heavy (non-hydrogen) atoms. The Morgan fingerprint density at radius 1 is 1.13 bits per heavy atom. The quantitative estimate of drug-likeness (QED) is 0.805. The van der Waals surface area contributed by atoms with E-state index in [-0.39, 0.29) is 0 Å². The fourth-order valence-electron chi connectivity index (χ4n) is 3.43. The standard InChI is InChI=1S/C20H28N2S/c1-2-19(20-9-6-16-23-20)21-18-11-14-22(15-12-18)13-10-17-7-4-3-5-8-17/h3-9,16,18-19,21H,2,10-15H2,1H3. The Bertz CT molecular complexity index is 544. The average molecular weight is 329 g/mol. The molecule has 0 saturated carbocycles. The first-order chi connectivity index (χ1) is 11.3. The molecular formula is C20H28N2S. The molecule has 2 nitrogen and oxygen atoms in total. The highest BCUT2D eigenvalue weighted by atomic mass is 32.1. The Balaban J connectivity index is 1.41. The van der Waals surface area contributed by atoms with Gasteiger partial charge in [-0.1, -0.05) is 43.3 Å². The number of thiophene rings is 1. The first-order valence-electron chi connectivity index (χ1n) is 8.91. The minimum absolute atomic E-state index is 0.538. The lowest BCUT2D eigenvalue weighted by atomic mass is 10.0. The van der Waals surface area contributed by atoms with Gasteiger partial charge in [0.1, 0.15) is 0 Å². The summed E-state index contributed by atoms with van der Waals surface area (Å²) >= 11 is 1.88. The monoisotopic (exact) mass is 328 g/mol. The molecule has 0 spiro atoms. The van der Waals surface area contributed by atoms with E-state index < -0.39 is 0 Å². The molecule has 124 valence electrons. The molecule has 1 aliphatic rings. The topological polar surface area (TPSA) is 15.3 Å². The van der Waals surface area contributed by atoms with E-state index in [9.17, 15) is 0 Å². The van der Waals surface area contributed by atoms with E-state index in [1.165, 1.54) is 55.8 Å². The van der Waals surface area contributed by atoms with Crippen molar-refractivity contribution in [1.29, 1.82) is 0 Å². The van der Waals surface area contributed by atoms with Gasteiger partial charge in [0.05, 0.1) is 0 Å². The van der Waals surface area contributed by atoms with Gasteiger partial charge >= 0.3 is 0 Å². The van der Waals surface area contributed by atoms with Crippen molar-refractivity contribution >= 4 is 11.3 Å². The van der Waals surface area contributed by atoms with Gasteiger partial charge in [0.25, 0.3) is 0 Å². The maximum atomic E-state index is 3.89. The summed E-state index contributed by atoms with van der Waals surface area (Å²) in [5.41, 5.74) is 1.46. The third-order valence-electron chi connectivity index (χ3n) is 4.88. The minimum Gasteiger partial charge on any atom is -0.306 e. The van der Waals surface area contributed by atoms with E-state index in [1.807, 2.05) is 11.3 Å². The lowest BCUT2D eigenvalue weighted by molar-refractivity contribution is 0.192. The normalized spacial score (nSPS) is 18.1. The van der Waals surface area contributed by atoms with Gasteiger partial charge in [-0.3, -0.25) is 0 Å².